The van der Waals surface area contributed by atoms with E-state index in [1.54, 1.807) is 15.9 Å². The molecule has 0 radical (unpaired) electrons. The predicted octanol–water partition coefficient (Wildman–Crippen LogP) is 6.86. The summed E-state index contributed by atoms with van der Waals surface area (Å²) in [6, 6.07) is 20.7. The zero-order chi connectivity index (χ0) is 24.6. The van der Waals surface area contributed by atoms with Gasteiger partial charge in [0.25, 0.3) is 0 Å². The van der Waals surface area contributed by atoms with Crippen molar-refractivity contribution in [3.05, 3.63) is 71.9 Å². The Hall–Kier alpha value is -2.50. The topological polar surface area (TPSA) is 12.9 Å². The molecule has 5 rings (SSSR count). The van der Waals surface area contributed by atoms with E-state index in [1.807, 2.05) is 6.20 Å². The molecular weight excluding hydrogens is 443 g/mol. The molecule has 0 unspecified atom stereocenters. The lowest BCUT2D eigenvalue weighted by Gasteiger charge is -2.28. The van der Waals surface area contributed by atoms with Gasteiger partial charge in [0.1, 0.15) is 8.07 Å². The Kier molecular flexibility index (Phi) is 5.13. The van der Waals surface area contributed by atoms with Gasteiger partial charge in [-0.1, -0.05) is 101 Å². The second-order valence-corrected chi connectivity index (χ2v) is 21.9. The molecule has 0 aliphatic carbocycles. The molecule has 0 amide bonds. The van der Waals surface area contributed by atoms with Gasteiger partial charge in [0.05, 0.1) is 13.8 Å². The van der Waals surface area contributed by atoms with Gasteiger partial charge in [-0.2, -0.15) is 0 Å². The molecule has 34 heavy (non-hydrogen) atoms. The Bertz CT molecular complexity index is 1450. The highest BCUT2D eigenvalue weighted by molar-refractivity contribution is 7.05. The fourth-order valence-corrected chi connectivity index (χ4v) is 12.1. The van der Waals surface area contributed by atoms with Crippen LogP contribution in [-0.4, -0.2) is 21.1 Å². The van der Waals surface area contributed by atoms with Crippen LogP contribution in [0.4, 0.5) is 0 Å². The van der Waals surface area contributed by atoms with Crippen molar-refractivity contribution < 1.29 is 0 Å². The van der Waals surface area contributed by atoms with Crippen LogP contribution in [0.1, 0.15) is 31.9 Å². The monoisotopic (exact) mass is 479 g/mol. The number of hydrogen-bond acceptors (Lipinski definition) is 1. The second kappa shape index (κ2) is 7.50. The number of nitrogens with zero attached hydrogens (tertiary/aromatic N) is 1. The summed E-state index contributed by atoms with van der Waals surface area (Å²) >= 11 is 0. The molecule has 0 N–H and O–H groups in total. The summed E-state index contributed by atoms with van der Waals surface area (Å²) in [5.74, 6) is 0. The van der Waals surface area contributed by atoms with Gasteiger partial charge in [0.2, 0.25) is 0 Å². The molecule has 0 fully saturated rings. The van der Waals surface area contributed by atoms with Crippen LogP contribution in [0.15, 0.2) is 60.8 Å². The molecule has 0 saturated carbocycles. The zero-order valence-corrected chi connectivity index (χ0v) is 24.2. The van der Waals surface area contributed by atoms with E-state index >= 15 is 0 Å². The van der Waals surface area contributed by atoms with Crippen LogP contribution in [0.3, 0.4) is 0 Å². The van der Waals surface area contributed by atoms with Gasteiger partial charge in [-0.05, 0) is 68.4 Å². The fraction of sp³-hybridized carbons (Fsp3) is 0.323. The first-order chi connectivity index (χ1) is 15.8. The molecule has 4 aromatic rings. The summed E-state index contributed by atoms with van der Waals surface area (Å²) in [4.78, 5) is 5.07. The summed E-state index contributed by atoms with van der Waals surface area (Å²) in [5.41, 5.74) is 8.31. The smallest absolute Gasteiger partial charge is 0.117 e. The van der Waals surface area contributed by atoms with Gasteiger partial charge in [0.15, 0.2) is 0 Å². The van der Waals surface area contributed by atoms with Gasteiger partial charge in [-0.25, -0.2) is 0 Å². The van der Waals surface area contributed by atoms with E-state index in [0.717, 1.165) is 0 Å². The highest BCUT2D eigenvalue weighted by Crippen LogP contribution is 2.37. The van der Waals surface area contributed by atoms with E-state index in [-0.39, 0.29) is 5.41 Å². The maximum absolute atomic E-state index is 5.07. The van der Waals surface area contributed by atoms with Crippen molar-refractivity contribution in [2.45, 2.75) is 65.8 Å². The Labute approximate surface area is 207 Å². The first-order valence-corrected chi connectivity index (χ1v) is 19.0. The molecule has 174 valence electrons. The quantitative estimate of drug-likeness (QED) is 0.286. The average molecular weight is 480 g/mol. The molecule has 2 heterocycles. The number of pyridine rings is 1. The summed E-state index contributed by atoms with van der Waals surface area (Å²) in [6.45, 7) is 21.8. The minimum Gasteiger partial charge on any atom is -0.256 e. The Balaban J connectivity index is 1.81. The molecule has 0 bridgehead atoms. The minimum absolute atomic E-state index is 0.0618. The lowest BCUT2D eigenvalue weighted by Crippen LogP contribution is -2.54. The summed E-state index contributed by atoms with van der Waals surface area (Å²) < 4.78 is 0. The van der Waals surface area contributed by atoms with Crippen molar-refractivity contribution in [1.29, 1.82) is 0 Å². The number of benzene rings is 3. The molecule has 1 aromatic heterocycles. The molecule has 0 spiro atoms. The number of hydrogen-bond donors (Lipinski definition) is 0. The summed E-state index contributed by atoms with van der Waals surface area (Å²) in [6.07, 6.45) is 2.03. The summed E-state index contributed by atoms with van der Waals surface area (Å²) in [7, 11) is -3.35. The lowest BCUT2D eigenvalue weighted by atomic mass is 9.82. The largest absolute Gasteiger partial charge is 0.256 e. The van der Waals surface area contributed by atoms with Crippen molar-refractivity contribution in [1.82, 2.24) is 4.98 Å². The zero-order valence-electron chi connectivity index (χ0n) is 22.2. The van der Waals surface area contributed by atoms with Crippen LogP contribution in [0.2, 0.25) is 32.7 Å². The van der Waals surface area contributed by atoms with Gasteiger partial charge < -0.3 is 0 Å². The van der Waals surface area contributed by atoms with E-state index in [0.29, 0.717) is 0 Å². The third-order valence-electron chi connectivity index (χ3n) is 7.71. The van der Waals surface area contributed by atoms with E-state index < -0.39 is 16.1 Å². The number of rotatable bonds is 2. The predicted molar refractivity (Wildman–Crippen MR) is 156 cm³/mol. The molecule has 0 atom stereocenters. The maximum Gasteiger partial charge on any atom is 0.117 e. The number of fused-ring (bicyclic) bond motifs is 4. The minimum atomic E-state index is -1.93. The third kappa shape index (κ3) is 3.44. The first kappa shape index (κ1) is 23.3. The van der Waals surface area contributed by atoms with Crippen LogP contribution in [-0.2, 0) is 5.41 Å². The van der Waals surface area contributed by atoms with Crippen molar-refractivity contribution >= 4 is 42.5 Å². The van der Waals surface area contributed by atoms with Gasteiger partial charge in [-0.3, -0.25) is 4.98 Å². The van der Waals surface area contributed by atoms with Crippen molar-refractivity contribution in [2.75, 3.05) is 0 Å². The molecule has 0 saturated heterocycles. The van der Waals surface area contributed by atoms with Crippen molar-refractivity contribution in [2.24, 2.45) is 0 Å². The van der Waals surface area contributed by atoms with E-state index in [9.17, 15) is 0 Å². The first-order valence-electron chi connectivity index (χ1n) is 12.5. The third-order valence-corrected chi connectivity index (χ3v) is 13.5. The van der Waals surface area contributed by atoms with E-state index in [2.05, 4.69) is 115 Å². The van der Waals surface area contributed by atoms with Crippen molar-refractivity contribution in [3.8, 4) is 22.4 Å². The van der Waals surface area contributed by atoms with Crippen LogP contribution >= 0.6 is 0 Å². The number of aromatic nitrogens is 1. The Morgan fingerprint density at radius 3 is 2.18 bits per heavy atom. The molecular formula is C31H37NSi2. The lowest BCUT2D eigenvalue weighted by molar-refractivity contribution is 0.596. The van der Waals surface area contributed by atoms with Gasteiger partial charge in [-0.15, -0.1) is 0 Å². The fourth-order valence-electron chi connectivity index (χ4n) is 6.28. The maximum atomic E-state index is 5.07. The SMILES string of the molecule is Cc1c([Si](C)(C)C)ccc2c1[Si](C)(C)c1c-2ccnc1-c1cc(C(C)(C)C)c2ccccc2c1. The van der Waals surface area contributed by atoms with Crippen LogP contribution < -0.4 is 15.6 Å². The van der Waals surface area contributed by atoms with Gasteiger partial charge in [0, 0.05) is 11.8 Å². The standard InChI is InChI=1S/C31H37NSi2/c1-20-27(33(5,6)7)15-14-24-25-16-17-32-28(30(25)34(8,9)29(20)24)22-18-21-12-10-11-13-23(21)26(19-22)31(2,3)4/h10-19H,1-9H3. The van der Waals surface area contributed by atoms with E-state index in [4.69, 9.17) is 4.98 Å². The molecule has 3 aromatic carbocycles. The second-order valence-electron chi connectivity index (χ2n) is 12.6. The molecule has 3 heteroatoms. The molecule has 1 aliphatic heterocycles. The van der Waals surface area contributed by atoms with E-state index in [1.165, 1.54) is 43.9 Å². The Morgan fingerprint density at radius 1 is 0.824 bits per heavy atom. The molecule has 1 aliphatic rings. The van der Waals surface area contributed by atoms with Gasteiger partial charge >= 0.3 is 0 Å². The summed E-state index contributed by atoms with van der Waals surface area (Å²) in [5, 5.41) is 7.40. The van der Waals surface area contributed by atoms with Crippen LogP contribution in [0, 0.1) is 6.92 Å². The Morgan fingerprint density at radius 2 is 1.50 bits per heavy atom. The van der Waals surface area contributed by atoms with Crippen LogP contribution in [0.25, 0.3) is 33.2 Å². The van der Waals surface area contributed by atoms with Crippen molar-refractivity contribution in [3.63, 3.8) is 0 Å². The highest BCUT2D eigenvalue weighted by atomic mass is 28.3. The van der Waals surface area contributed by atoms with Crippen LogP contribution in [0.5, 0.6) is 0 Å². The average Bonchev–Trinajstić information content (AvgIpc) is 2.99. The highest BCUT2D eigenvalue weighted by Gasteiger charge is 2.42. The molecule has 1 nitrogen and oxygen atoms in total. The normalized spacial score (nSPS) is 14.9.